The number of anilines is 1. The molecule has 3 aromatic rings. The van der Waals surface area contributed by atoms with Gasteiger partial charge in [0, 0.05) is 24.2 Å². The zero-order valence-corrected chi connectivity index (χ0v) is 19.2. The normalized spacial score (nSPS) is 20.9. The Balaban J connectivity index is 1.41. The van der Waals surface area contributed by atoms with Crippen LogP contribution in [0, 0.1) is 16.0 Å². The SMILES string of the molecule is O=[N+]([O-])c1ccccc1C1Nc2ccc(S(=O)(=O)NCCc3ccccc3)cc2C2C=CCC21. The zero-order valence-electron chi connectivity index (χ0n) is 18.4. The Morgan fingerprint density at radius 1 is 1.00 bits per heavy atom. The quantitative estimate of drug-likeness (QED) is 0.286. The molecule has 0 aromatic heterocycles. The second-order valence-electron chi connectivity index (χ2n) is 8.67. The number of nitro benzene ring substituents is 1. The van der Waals surface area contributed by atoms with E-state index in [-0.39, 0.29) is 33.4 Å². The Morgan fingerprint density at radius 2 is 1.76 bits per heavy atom. The molecule has 0 bridgehead atoms. The lowest BCUT2D eigenvalue weighted by Crippen LogP contribution is -2.30. The van der Waals surface area contributed by atoms with E-state index in [9.17, 15) is 18.5 Å². The molecular weight excluding hydrogens is 450 g/mol. The molecule has 3 aromatic carbocycles. The van der Waals surface area contributed by atoms with Crippen molar-refractivity contribution in [1.82, 2.24) is 4.72 Å². The molecule has 0 fully saturated rings. The third-order valence-corrected chi connectivity index (χ3v) is 8.12. The molecule has 0 spiro atoms. The largest absolute Gasteiger partial charge is 0.377 e. The molecule has 3 atom stereocenters. The predicted octanol–water partition coefficient (Wildman–Crippen LogP) is 4.94. The van der Waals surface area contributed by atoms with E-state index >= 15 is 0 Å². The van der Waals surface area contributed by atoms with Gasteiger partial charge in [0.25, 0.3) is 5.69 Å². The maximum atomic E-state index is 13.0. The van der Waals surface area contributed by atoms with Crippen LogP contribution < -0.4 is 10.0 Å². The molecule has 7 nitrogen and oxygen atoms in total. The number of nitro groups is 1. The minimum atomic E-state index is -3.67. The van der Waals surface area contributed by atoms with Crippen LogP contribution in [-0.2, 0) is 16.4 Å². The van der Waals surface area contributed by atoms with Gasteiger partial charge >= 0.3 is 0 Å². The summed E-state index contributed by atoms with van der Waals surface area (Å²) < 4.78 is 28.7. The molecule has 0 radical (unpaired) electrons. The number of fused-ring (bicyclic) bond motifs is 3. The van der Waals surface area contributed by atoms with E-state index < -0.39 is 10.0 Å². The van der Waals surface area contributed by atoms with Gasteiger partial charge in [-0.15, -0.1) is 0 Å². The summed E-state index contributed by atoms with van der Waals surface area (Å²) in [6, 6.07) is 21.4. The number of allylic oxidation sites excluding steroid dienone is 2. The van der Waals surface area contributed by atoms with Crippen molar-refractivity contribution in [3.8, 4) is 0 Å². The topological polar surface area (TPSA) is 101 Å². The fourth-order valence-corrected chi connectivity index (χ4v) is 6.09. The average Bonchev–Trinajstić information content (AvgIpc) is 3.34. The van der Waals surface area contributed by atoms with Gasteiger partial charge in [-0.2, -0.15) is 0 Å². The highest BCUT2D eigenvalue weighted by molar-refractivity contribution is 7.89. The van der Waals surface area contributed by atoms with E-state index in [2.05, 4.69) is 22.2 Å². The molecule has 34 heavy (non-hydrogen) atoms. The summed E-state index contributed by atoms with van der Waals surface area (Å²) >= 11 is 0. The molecule has 0 saturated heterocycles. The minimum Gasteiger partial charge on any atom is -0.377 e. The second-order valence-corrected chi connectivity index (χ2v) is 10.4. The minimum absolute atomic E-state index is 0.0134. The van der Waals surface area contributed by atoms with E-state index in [4.69, 9.17) is 0 Å². The van der Waals surface area contributed by atoms with Crippen molar-refractivity contribution in [2.45, 2.75) is 29.7 Å². The van der Waals surface area contributed by atoms with Crippen LogP contribution >= 0.6 is 0 Å². The highest BCUT2D eigenvalue weighted by Crippen LogP contribution is 2.51. The molecule has 2 aliphatic rings. The van der Waals surface area contributed by atoms with Gasteiger partial charge in [-0.3, -0.25) is 10.1 Å². The number of sulfonamides is 1. The first-order chi connectivity index (χ1) is 16.4. The smallest absolute Gasteiger partial charge is 0.274 e. The Bertz CT molecular complexity index is 1360. The van der Waals surface area contributed by atoms with Crippen molar-refractivity contribution in [3.05, 3.63) is 112 Å². The number of hydrogen-bond donors (Lipinski definition) is 2. The second kappa shape index (κ2) is 9.04. The van der Waals surface area contributed by atoms with Gasteiger partial charge < -0.3 is 5.32 Å². The first kappa shape index (κ1) is 22.3. The lowest BCUT2D eigenvalue weighted by molar-refractivity contribution is -0.385. The van der Waals surface area contributed by atoms with Gasteiger partial charge in [0.1, 0.15) is 0 Å². The molecule has 5 rings (SSSR count). The van der Waals surface area contributed by atoms with Gasteiger partial charge in [-0.25, -0.2) is 13.1 Å². The van der Waals surface area contributed by atoms with E-state index in [1.165, 1.54) is 6.07 Å². The first-order valence-electron chi connectivity index (χ1n) is 11.3. The Labute approximate surface area is 198 Å². The van der Waals surface area contributed by atoms with Gasteiger partial charge in [0.05, 0.1) is 21.4 Å². The molecule has 174 valence electrons. The first-order valence-corrected chi connectivity index (χ1v) is 12.8. The number of nitrogens with one attached hydrogen (secondary N) is 2. The maximum absolute atomic E-state index is 13.0. The summed E-state index contributed by atoms with van der Waals surface area (Å²) in [6.45, 7) is 0.313. The van der Waals surface area contributed by atoms with Gasteiger partial charge in [-0.05, 0) is 48.1 Å². The number of hydrogen-bond acceptors (Lipinski definition) is 5. The van der Waals surface area contributed by atoms with Crippen molar-refractivity contribution >= 4 is 21.4 Å². The molecule has 1 heterocycles. The third kappa shape index (κ3) is 4.22. The van der Waals surface area contributed by atoms with Crippen molar-refractivity contribution < 1.29 is 13.3 Å². The Hall–Kier alpha value is -3.49. The zero-order chi connectivity index (χ0) is 23.7. The molecule has 0 amide bonds. The molecule has 1 aliphatic heterocycles. The van der Waals surface area contributed by atoms with Crippen LogP contribution in [0.1, 0.15) is 35.1 Å². The van der Waals surface area contributed by atoms with Crippen LogP contribution in [0.2, 0.25) is 0 Å². The fraction of sp³-hybridized carbons (Fsp3) is 0.231. The van der Waals surface area contributed by atoms with Crippen molar-refractivity contribution in [1.29, 1.82) is 0 Å². The fourth-order valence-electron chi connectivity index (χ4n) is 5.02. The van der Waals surface area contributed by atoms with E-state index in [0.29, 0.717) is 18.5 Å². The van der Waals surface area contributed by atoms with Crippen LogP contribution in [-0.4, -0.2) is 19.9 Å². The van der Waals surface area contributed by atoms with E-state index in [0.717, 1.165) is 23.2 Å². The summed E-state index contributed by atoms with van der Waals surface area (Å²) in [4.78, 5) is 11.5. The number of rotatable bonds is 7. The van der Waals surface area contributed by atoms with Crippen LogP contribution in [0.15, 0.2) is 89.8 Å². The van der Waals surface area contributed by atoms with Crippen LogP contribution in [0.5, 0.6) is 0 Å². The lowest BCUT2D eigenvalue weighted by Gasteiger charge is -2.37. The van der Waals surface area contributed by atoms with Gasteiger partial charge in [0.2, 0.25) is 10.0 Å². The molecular formula is C26H25N3O4S. The Kier molecular flexibility index (Phi) is 5.93. The summed E-state index contributed by atoms with van der Waals surface area (Å²) in [5.41, 5.74) is 3.52. The van der Waals surface area contributed by atoms with Crippen molar-refractivity contribution in [2.75, 3.05) is 11.9 Å². The highest BCUT2D eigenvalue weighted by atomic mass is 32.2. The van der Waals surface area contributed by atoms with E-state index in [1.807, 2.05) is 36.4 Å². The molecule has 1 aliphatic carbocycles. The maximum Gasteiger partial charge on any atom is 0.274 e. The summed E-state index contributed by atoms with van der Waals surface area (Å²) in [6.07, 6.45) is 5.54. The van der Waals surface area contributed by atoms with Crippen LogP contribution in [0.25, 0.3) is 0 Å². The van der Waals surface area contributed by atoms with Crippen LogP contribution in [0.3, 0.4) is 0 Å². The number of nitrogens with zero attached hydrogens (tertiary/aromatic N) is 1. The lowest BCUT2D eigenvalue weighted by atomic mass is 9.76. The Morgan fingerprint density at radius 3 is 2.56 bits per heavy atom. The average molecular weight is 476 g/mol. The number of benzene rings is 3. The highest BCUT2D eigenvalue weighted by Gasteiger charge is 2.40. The van der Waals surface area contributed by atoms with Gasteiger partial charge in [-0.1, -0.05) is 60.7 Å². The monoisotopic (exact) mass is 475 g/mol. The third-order valence-electron chi connectivity index (χ3n) is 6.66. The summed E-state index contributed by atoms with van der Waals surface area (Å²) in [7, 11) is -3.67. The predicted molar refractivity (Wildman–Crippen MR) is 131 cm³/mol. The molecule has 2 N–H and O–H groups in total. The van der Waals surface area contributed by atoms with E-state index in [1.54, 1.807) is 30.3 Å². The standard InChI is InChI=1S/C26H25N3O4S/c30-29(31)25-12-5-4-9-22(25)26-21-11-6-10-20(21)23-17-19(13-14-24(23)28-26)34(32,33)27-16-15-18-7-2-1-3-8-18/h1-10,12-14,17,20-21,26-28H,11,15-16H2. The molecule has 8 heteroatoms. The van der Waals surface area contributed by atoms with Crippen molar-refractivity contribution in [3.63, 3.8) is 0 Å². The van der Waals surface area contributed by atoms with Crippen LogP contribution in [0.4, 0.5) is 11.4 Å². The molecule has 3 unspecified atom stereocenters. The summed E-state index contributed by atoms with van der Waals surface area (Å²) in [5.74, 6) is 0.0538. The summed E-state index contributed by atoms with van der Waals surface area (Å²) in [5, 5.41) is 15.1. The number of para-hydroxylation sites is 1. The van der Waals surface area contributed by atoms with Crippen molar-refractivity contribution in [2.24, 2.45) is 5.92 Å². The molecule has 0 saturated carbocycles. The van der Waals surface area contributed by atoms with Gasteiger partial charge in [0.15, 0.2) is 0 Å².